The van der Waals surface area contributed by atoms with E-state index in [9.17, 15) is 4.79 Å². The molecule has 2 rings (SSSR count). The zero-order valence-electron chi connectivity index (χ0n) is 9.15. The molecule has 0 saturated carbocycles. The minimum absolute atomic E-state index is 0.240. The second-order valence-corrected chi connectivity index (χ2v) is 4.28. The summed E-state index contributed by atoms with van der Waals surface area (Å²) >= 11 is 0. The molecule has 0 amide bonds. The maximum Gasteiger partial charge on any atom is 0.355 e. The standard InChI is InChI=1S/C10H16N2O3/c1-12-5-3-10(4-6-12)7-8(11-15-10)9(13)14-2/h3-7H2,1-2H3. The molecule has 0 aliphatic carbocycles. The zero-order valence-corrected chi connectivity index (χ0v) is 9.15. The molecule has 0 bridgehead atoms. The topological polar surface area (TPSA) is 51.1 Å². The van der Waals surface area contributed by atoms with Gasteiger partial charge in [-0.05, 0) is 7.05 Å². The predicted molar refractivity (Wildman–Crippen MR) is 54.6 cm³/mol. The monoisotopic (exact) mass is 212 g/mol. The first-order valence-electron chi connectivity index (χ1n) is 5.17. The lowest BCUT2D eigenvalue weighted by Gasteiger charge is -2.35. The highest BCUT2D eigenvalue weighted by atomic mass is 16.7. The van der Waals surface area contributed by atoms with Crippen LogP contribution in [0.3, 0.4) is 0 Å². The van der Waals surface area contributed by atoms with E-state index in [1.54, 1.807) is 0 Å². The van der Waals surface area contributed by atoms with Crippen LogP contribution in [0.25, 0.3) is 0 Å². The van der Waals surface area contributed by atoms with Crippen LogP contribution in [0.15, 0.2) is 5.16 Å². The van der Waals surface area contributed by atoms with E-state index in [1.807, 2.05) is 0 Å². The first-order valence-corrected chi connectivity index (χ1v) is 5.17. The third-order valence-corrected chi connectivity index (χ3v) is 3.16. The van der Waals surface area contributed by atoms with Gasteiger partial charge in [0.05, 0.1) is 7.11 Å². The van der Waals surface area contributed by atoms with Crippen molar-refractivity contribution in [2.75, 3.05) is 27.2 Å². The van der Waals surface area contributed by atoms with Crippen molar-refractivity contribution in [3.63, 3.8) is 0 Å². The quantitative estimate of drug-likeness (QED) is 0.590. The number of hydrogen-bond acceptors (Lipinski definition) is 5. The SMILES string of the molecule is COC(=O)C1=NOC2(CCN(C)CC2)C1. The van der Waals surface area contributed by atoms with E-state index < -0.39 is 0 Å². The van der Waals surface area contributed by atoms with Crippen molar-refractivity contribution < 1.29 is 14.4 Å². The summed E-state index contributed by atoms with van der Waals surface area (Å²) in [6.45, 7) is 1.98. The normalized spacial score (nSPS) is 24.8. The number of rotatable bonds is 1. The van der Waals surface area contributed by atoms with E-state index in [-0.39, 0.29) is 11.6 Å². The van der Waals surface area contributed by atoms with Crippen molar-refractivity contribution in [3.8, 4) is 0 Å². The lowest BCUT2D eigenvalue weighted by Crippen LogP contribution is -2.43. The number of nitrogens with zero attached hydrogens (tertiary/aromatic N) is 2. The summed E-state index contributed by atoms with van der Waals surface area (Å²) < 4.78 is 4.63. The Morgan fingerprint density at radius 2 is 2.20 bits per heavy atom. The molecular formula is C10H16N2O3. The number of methoxy groups -OCH3 is 1. The van der Waals surface area contributed by atoms with Crippen LogP contribution >= 0.6 is 0 Å². The molecule has 0 atom stereocenters. The molecule has 5 nitrogen and oxygen atoms in total. The van der Waals surface area contributed by atoms with Crippen LogP contribution in [0.5, 0.6) is 0 Å². The summed E-state index contributed by atoms with van der Waals surface area (Å²) in [7, 11) is 3.45. The molecule has 1 saturated heterocycles. The summed E-state index contributed by atoms with van der Waals surface area (Å²) in [5.74, 6) is -0.370. The Kier molecular flexibility index (Phi) is 2.65. The Morgan fingerprint density at radius 1 is 1.53 bits per heavy atom. The third-order valence-electron chi connectivity index (χ3n) is 3.16. The Balaban J connectivity index is 1.97. The number of ether oxygens (including phenoxy) is 1. The molecule has 84 valence electrons. The van der Waals surface area contributed by atoms with Gasteiger partial charge in [-0.1, -0.05) is 5.16 Å². The first-order chi connectivity index (χ1) is 7.15. The van der Waals surface area contributed by atoms with Gasteiger partial charge in [0.15, 0.2) is 5.71 Å². The summed E-state index contributed by atoms with van der Waals surface area (Å²) in [5, 5.41) is 3.83. The van der Waals surface area contributed by atoms with Gasteiger partial charge in [0.1, 0.15) is 5.60 Å². The largest absolute Gasteiger partial charge is 0.464 e. The van der Waals surface area contributed by atoms with Crippen molar-refractivity contribution in [1.82, 2.24) is 4.90 Å². The fourth-order valence-electron chi connectivity index (χ4n) is 2.04. The molecule has 0 aromatic rings. The fourth-order valence-corrected chi connectivity index (χ4v) is 2.04. The van der Waals surface area contributed by atoms with Crippen molar-refractivity contribution in [1.29, 1.82) is 0 Å². The van der Waals surface area contributed by atoms with Gasteiger partial charge in [0, 0.05) is 32.4 Å². The molecule has 0 unspecified atom stereocenters. The van der Waals surface area contributed by atoms with Crippen LogP contribution in [0.4, 0.5) is 0 Å². The van der Waals surface area contributed by atoms with Crippen LogP contribution in [0, 0.1) is 0 Å². The molecule has 2 aliphatic heterocycles. The molecule has 1 fully saturated rings. The average molecular weight is 212 g/mol. The van der Waals surface area contributed by atoms with Gasteiger partial charge in [-0.15, -0.1) is 0 Å². The van der Waals surface area contributed by atoms with Gasteiger partial charge in [-0.25, -0.2) is 4.79 Å². The number of likely N-dealkylation sites (tertiary alicyclic amines) is 1. The average Bonchev–Trinajstić information content (AvgIpc) is 2.66. The van der Waals surface area contributed by atoms with Crippen LogP contribution in [-0.4, -0.2) is 49.4 Å². The third kappa shape index (κ3) is 1.97. The minimum Gasteiger partial charge on any atom is -0.464 e. The summed E-state index contributed by atoms with van der Waals surface area (Å²) in [6, 6.07) is 0. The highest BCUT2D eigenvalue weighted by Gasteiger charge is 2.43. The van der Waals surface area contributed by atoms with Gasteiger partial charge in [0.2, 0.25) is 0 Å². The number of carbonyl (C=O) groups is 1. The number of hydrogen-bond donors (Lipinski definition) is 0. The summed E-state index contributed by atoms with van der Waals surface area (Å²) in [5.41, 5.74) is 0.179. The molecule has 5 heteroatoms. The number of esters is 1. The van der Waals surface area contributed by atoms with E-state index in [1.165, 1.54) is 7.11 Å². The zero-order chi connectivity index (χ0) is 10.9. The fraction of sp³-hybridized carbons (Fsp3) is 0.800. The lowest BCUT2D eigenvalue weighted by atomic mass is 9.87. The van der Waals surface area contributed by atoms with Crippen LogP contribution < -0.4 is 0 Å². The Labute approximate surface area is 89.0 Å². The van der Waals surface area contributed by atoms with Gasteiger partial charge in [-0.2, -0.15) is 0 Å². The molecule has 0 aromatic heterocycles. The van der Waals surface area contributed by atoms with E-state index in [4.69, 9.17) is 4.84 Å². The Hall–Kier alpha value is -1.10. The Morgan fingerprint density at radius 3 is 2.80 bits per heavy atom. The Bertz CT molecular complexity index is 293. The minimum atomic E-state index is -0.370. The summed E-state index contributed by atoms with van der Waals surface area (Å²) in [6.07, 6.45) is 2.44. The molecule has 1 spiro atoms. The number of piperidine rings is 1. The van der Waals surface area contributed by atoms with Crippen LogP contribution in [-0.2, 0) is 14.4 Å². The van der Waals surface area contributed by atoms with Crippen molar-refractivity contribution in [3.05, 3.63) is 0 Å². The van der Waals surface area contributed by atoms with Gasteiger partial charge >= 0.3 is 5.97 Å². The van der Waals surface area contributed by atoms with Crippen molar-refractivity contribution in [2.45, 2.75) is 24.9 Å². The van der Waals surface area contributed by atoms with E-state index >= 15 is 0 Å². The highest BCUT2D eigenvalue weighted by Crippen LogP contribution is 2.34. The van der Waals surface area contributed by atoms with E-state index in [0.717, 1.165) is 25.9 Å². The molecule has 2 aliphatic rings. The molecule has 0 aromatic carbocycles. The maximum absolute atomic E-state index is 11.3. The molecule has 0 N–H and O–H groups in total. The predicted octanol–water partition coefficient (Wildman–Crippen LogP) is 0.400. The van der Waals surface area contributed by atoms with E-state index in [2.05, 4.69) is 21.8 Å². The van der Waals surface area contributed by atoms with Gasteiger partial charge in [0.25, 0.3) is 0 Å². The van der Waals surface area contributed by atoms with Crippen molar-refractivity contribution >= 4 is 11.7 Å². The second kappa shape index (κ2) is 3.81. The summed E-state index contributed by atoms with van der Waals surface area (Å²) in [4.78, 5) is 18.9. The molecule has 0 radical (unpaired) electrons. The van der Waals surface area contributed by atoms with Crippen molar-refractivity contribution in [2.24, 2.45) is 5.16 Å². The van der Waals surface area contributed by atoms with E-state index in [0.29, 0.717) is 12.1 Å². The number of carbonyl (C=O) groups excluding carboxylic acids is 1. The first kappa shape index (κ1) is 10.4. The van der Waals surface area contributed by atoms with Crippen LogP contribution in [0.2, 0.25) is 0 Å². The van der Waals surface area contributed by atoms with Crippen LogP contribution in [0.1, 0.15) is 19.3 Å². The lowest BCUT2D eigenvalue weighted by molar-refractivity contribution is -0.132. The smallest absolute Gasteiger partial charge is 0.355 e. The second-order valence-electron chi connectivity index (χ2n) is 4.28. The maximum atomic E-state index is 11.3. The van der Waals surface area contributed by atoms with Gasteiger partial charge < -0.3 is 14.5 Å². The molecule has 15 heavy (non-hydrogen) atoms. The molecule has 2 heterocycles. The number of oxime groups is 1. The highest BCUT2D eigenvalue weighted by molar-refractivity contribution is 6.36. The van der Waals surface area contributed by atoms with Gasteiger partial charge in [-0.3, -0.25) is 0 Å². The molecular weight excluding hydrogens is 196 g/mol.